The van der Waals surface area contributed by atoms with E-state index >= 15 is 0 Å². The monoisotopic (exact) mass is 341 g/mol. The Labute approximate surface area is 149 Å². The Morgan fingerprint density at radius 3 is 2.88 bits per heavy atom. The van der Waals surface area contributed by atoms with Gasteiger partial charge in [0.15, 0.2) is 5.76 Å². The molecule has 1 aromatic carbocycles. The van der Waals surface area contributed by atoms with Crippen molar-refractivity contribution in [2.24, 2.45) is 5.92 Å². The van der Waals surface area contributed by atoms with Crippen LogP contribution in [0.15, 0.2) is 22.6 Å². The number of benzene rings is 1. The van der Waals surface area contributed by atoms with Gasteiger partial charge in [0.1, 0.15) is 11.3 Å². The zero-order chi connectivity index (χ0) is 17.4. The molecule has 0 radical (unpaired) electrons. The molecule has 1 aliphatic carbocycles. The number of furan rings is 1. The van der Waals surface area contributed by atoms with Crippen LogP contribution in [-0.4, -0.2) is 30.0 Å². The number of amides is 1. The van der Waals surface area contributed by atoms with Crippen LogP contribution in [0.1, 0.15) is 61.6 Å². The van der Waals surface area contributed by atoms with E-state index in [0.717, 1.165) is 41.7 Å². The summed E-state index contributed by atoms with van der Waals surface area (Å²) in [6.45, 7) is 5.45. The summed E-state index contributed by atoms with van der Waals surface area (Å²) in [5.74, 6) is 2.09. The smallest absolute Gasteiger partial charge is 0.290 e. The predicted molar refractivity (Wildman–Crippen MR) is 98.1 cm³/mol. The molecule has 4 rings (SSSR count). The molecule has 2 aromatic rings. The number of hydrogen-bond donors (Lipinski definition) is 0. The topological polar surface area (TPSA) is 42.7 Å². The van der Waals surface area contributed by atoms with E-state index in [4.69, 9.17) is 9.15 Å². The fraction of sp³-hybridized carbons (Fsp3) is 0.571. The van der Waals surface area contributed by atoms with Crippen molar-refractivity contribution in [3.63, 3.8) is 0 Å². The van der Waals surface area contributed by atoms with Crippen LogP contribution in [0.25, 0.3) is 11.0 Å². The molecule has 0 unspecified atom stereocenters. The lowest BCUT2D eigenvalue weighted by Gasteiger charge is -2.43. The quantitative estimate of drug-likeness (QED) is 0.794. The number of likely N-dealkylation sites (tertiary alicyclic amines) is 1. The first-order valence-electron chi connectivity index (χ1n) is 9.66. The Balaban J connectivity index is 1.66. The average Bonchev–Trinajstić information content (AvgIpc) is 2.97. The fourth-order valence-electron chi connectivity index (χ4n) is 4.67. The van der Waals surface area contributed by atoms with Crippen molar-refractivity contribution in [3.05, 3.63) is 29.5 Å². The summed E-state index contributed by atoms with van der Waals surface area (Å²) in [6, 6.07) is 6.19. The zero-order valence-electron chi connectivity index (χ0n) is 15.2. The molecular formula is C21H27NO3. The SMILES string of the molecule is CCOc1ccc2oc(C(=O)N3CCC[C@H]4CCCC[C@@H]43)c(C)c2c1. The Morgan fingerprint density at radius 2 is 2.04 bits per heavy atom. The first kappa shape index (κ1) is 16.5. The van der Waals surface area contributed by atoms with Gasteiger partial charge in [-0.3, -0.25) is 4.79 Å². The highest BCUT2D eigenvalue weighted by atomic mass is 16.5. The van der Waals surface area contributed by atoms with Gasteiger partial charge >= 0.3 is 0 Å². The third kappa shape index (κ3) is 2.92. The molecular weight excluding hydrogens is 314 g/mol. The number of fused-ring (bicyclic) bond motifs is 2. The summed E-state index contributed by atoms with van der Waals surface area (Å²) in [5, 5.41) is 0.978. The summed E-state index contributed by atoms with van der Waals surface area (Å²) >= 11 is 0. The van der Waals surface area contributed by atoms with Crippen molar-refractivity contribution in [1.82, 2.24) is 4.90 Å². The summed E-state index contributed by atoms with van der Waals surface area (Å²) in [4.78, 5) is 15.4. The highest BCUT2D eigenvalue weighted by Crippen LogP contribution is 2.37. The van der Waals surface area contributed by atoms with E-state index in [9.17, 15) is 4.79 Å². The third-order valence-electron chi connectivity index (χ3n) is 5.92. The number of carbonyl (C=O) groups is 1. The normalized spacial score (nSPS) is 23.5. The molecule has 0 spiro atoms. The zero-order valence-corrected chi connectivity index (χ0v) is 15.2. The minimum Gasteiger partial charge on any atom is -0.494 e. The van der Waals surface area contributed by atoms with Crippen LogP contribution in [0.3, 0.4) is 0 Å². The number of ether oxygens (including phenoxy) is 1. The molecule has 4 nitrogen and oxygen atoms in total. The third-order valence-corrected chi connectivity index (χ3v) is 5.92. The Hall–Kier alpha value is -1.97. The number of hydrogen-bond acceptors (Lipinski definition) is 3. The number of piperidine rings is 1. The van der Waals surface area contributed by atoms with Gasteiger partial charge in [-0.05, 0) is 63.6 Å². The average molecular weight is 341 g/mol. The number of carbonyl (C=O) groups excluding carboxylic acids is 1. The van der Waals surface area contributed by atoms with E-state index in [1.165, 1.54) is 25.7 Å². The van der Waals surface area contributed by atoms with Gasteiger partial charge in [-0.25, -0.2) is 0 Å². The maximum atomic E-state index is 13.3. The fourth-order valence-corrected chi connectivity index (χ4v) is 4.67. The molecule has 2 fully saturated rings. The van der Waals surface area contributed by atoms with Crippen molar-refractivity contribution in [2.45, 2.75) is 58.4 Å². The molecule has 25 heavy (non-hydrogen) atoms. The highest BCUT2D eigenvalue weighted by Gasteiger charge is 2.37. The van der Waals surface area contributed by atoms with Crippen LogP contribution in [0.4, 0.5) is 0 Å². The Bertz CT molecular complexity index is 777. The van der Waals surface area contributed by atoms with Gasteiger partial charge in [0.05, 0.1) is 6.61 Å². The number of rotatable bonds is 3. The molecule has 1 aliphatic heterocycles. The van der Waals surface area contributed by atoms with Gasteiger partial charge in [0, 0.05) is 23.5 Å². The van der Waals surface area contributed by atoms with Crippen LogP contribution in [0.5, 0.6) is 5.75 Å². The standard InChI is InChI=1S/C21H27NO3/c1-3-24-16-10-11-19-17(13-16)14(2)20(25-19)21(23)22-12-6-8-15-7-4-5-9-18(15)22/h10-11,13,15,18H,3-9,12H2,1-2H3/t15-,18+/m1/s1. The molecule has 1 amide bonds. The van der Waals surface area contributed by atoms with Gasteiger partial charge < -0.3 is 14.1 Å². The molecule has 0 bridgehead atoms. The van der Waals surface area contributed by atoms with E-state index in [2.05, 4.69) is 4.90 Å². The van der Waals surface area contributed by atoms with Crippen LogP contribution in [-0.2, 0) is 0 Å². The second-order valence-corrected chi connectivity index (χ2v) is 7.40. The largest absolute Gasteiger partial charge is 0.494 e. The first-order valence-corrected chi connectivity index (χ1v) is 9.66. The molecule has 2 atom stereocenters. The molecule has 1 saturated carbocycles. The lowest BCUT2D eigenvalue weighted by molar-refractivity contribution is 0.0363. The first-order chi connectivity index (χ1) is 12.2. The van der Waals surface area contributed by atoms with Gasteiger partial charge in [-0.2, -0.15) is 0 Å². The van der Waals surface area contributed by atoms with Gasteiger partial charge in [-0.1, -0.05) is 12.8 Å². The molecule has 2 heterocycles. The van der Waals surface area contributed by atoms with E-state index in [1.54, 1.807) is 0 Å². The van der Waals surface area contributed by atoms with Crippen molar-refractivity contribution >= 4 is 16.9 Å². The molecule has 1 saturated heterocycles. The van der Waals surface area contributed by atoms with Crippen LogP contribution in [0.2, 0.25) is 0 Å². The molecule has 2 aliphatic rings. The number of aryl methyl sites for hydroxylation is 1. The van der Waals surface area contributed by atoms with Crippen molar-refractivity contribution in [3.8, 4) is 5.75 Å². The molecule has 134 valence electrons. The van der Waals surface area contributed by atoms with Crippen LogP contribution < -0.4 is 4.74 Å². The van der Waals surface area contributed by atoms with Gasteiger partial charge in [-0.15, -0.1) is 0 Å². The van der Waals surface area contributed by atoms with E-state index < -0.39 is 0 Å². The predicted octanol–water partition coefficient (Wildman–Crippen LogP) is 4.93. The minimum atomic E-state index is 0.0725. The number of nitrogens with zero attached hydrogens (tertiary/aromatic N) is 1. The minimum absolute atomic E-state index is 0.0725. The van der Waals surface area contributed by atoms with E-state index in [0.29, 0.717) is 24.3 Å². The molecule has 4 heteroatoms. The maximum absolute atomic E-state index is 13.3. The van der Waals surface area contributed by atoms with Crippen LogP contribution in [0, 0.1) is 12.8 Å². The van der Waals surface area contributed by atoms with E-state index in [-0.39, 0.29) is 5.91 Å². The van der Waals surface area contributed by atoms with Crippen molar-refractivity contribution in [1.29, 1.82) is 0 Å². The summed E-state index contributed by atoms with van der Waals surface area (Å²) in [7, 11) is 0. The second kappa shape index (κ2) is 6.74. The summed E-state index contributed by atoms with van der Waals surface area (Å²) in [5.41, 5.74) is 1.70. The summed E-state index contributed by atoms with van der Waals surface area (Å²) in [6.07, 6.45) is 7.34. The van der Waals surface area contributed by atoms with Gasteiger partial charge in [0.2, 0.25) is 0 Å². The van der Waals surface area contributed by atoms with Crippen LogP contribution >= 0.6 is 0 Å². The molecule has 1 aromatic heterocycles. The lowest BCUT2D eigenvalue weighted by Crippen LogP contribution is -2.49. The van der Waals surface area contributed by atoms with E-state index in [1.807, 2.05) is 32.0 Å². The Morgan fingerprint density at radius 1 is 1.24 bits per heavy atom. The lowest BCUT2D eigenvalue weighted by atomic mass is 9.78. The highest BCUT2D eigenvalue weighted by molar-refractivity contribution is 5.99. The maximum Gasteiger partial charge on any atom is 0.290 e. The molecule has 0 N–H and O–H groups in total. The van der Waals surface area contributed by atoms with Crippen molar-refractivity contribution in [2.75, 3.05) is 13.2 Å². The van der Waals surface area contributed by atoms with Crippen molar-refractivity contribution < 1.29 is 13.9 Å². The second-order valence-electron chi connectivity index (χ2n) is 7.40. The van der Waals surface area contributed by atoms with Gasteiger partial charge in [0.25, 0.3) is 5.91 Å². The summed E-state index contributed by atoms with van der Waals surface area (Å²) < 4.78 is 11.6. The Kier molecular flexibility index (Phi) is 4.45.